The summed E-state index contributed by atoms with van der Waals surface area (Å²) in [4.78, 5) is 0. The van der Waals surface area contributed by atoms with E-state index >= 15 is 0 Å². The Morgan fingerprint density at radius 3 is 2.07 bits per heavy atom. The third-order valence-electron chi connectivity index (χ3n) is 3.41. The van der Waals surface area contributed by atoms with E-state index in [4.69, 9.17) is 10.2 Å². The molecular weight excluding hydrogens is 178 g/mol. The molecule has 2 unspecified atom stereocenters. The van der Waals surface area contributed by atoms with Gasteiger partial charge in [-0.15, -0.1) is 0 Å². The van der Waals surface area contributed by atoms with E-state index in [2.05, 4.69) is 19.2 Å². The molecule has 0 aromatic carbocycles. The van der Waals surface area contributed by atoms with Crippen molar-refractivity contribution in [2.24, 2.45) is 11.8 Å². The molecule has 0 spiro atoms. The summed E-state index contributed by atoms with van der Waals surface area (Å²) in [6.45, 7) is 4.54. The first-order chi connectivity index (χ1) is 6.69. The van der Waals surface area contributed by atoms with Crippen LogP contribution in [0.15, 0.2) is 0 Å². The van der Waals surface area contributed by atoms with Crippen LogP contribution in [-0.2, 0) is 0 Å². The van der Waals surface area contributed by atoms with E-state index in [0.29, 0.717) is 17.9 Å². The van der Waals surface area contributed by atoms with E-state index in [0.717, 1.165) is 0 Å². The molecule has 0 radical (unpaired) electrons. The molecule has 3 nitrogen and oxygen atoms in total. The molecule has 1 aliphatic carbocycles. The number of rotatable bonds is 4. The summed E-state index contributed by atoms with van der Waals surface area (Å²) >= 11 is 0. The van der Waals surface area contributed by atoms with Crippen LogP contribution in [0.1, 0.15) is 33.1 Å². The van der Waals surface area contributed by atoms with Gasteiger partial charge in [-0.25, -0.2) is 0 Å². The van der Waals surface area contributed by atoms with Crippen LogP contribution in [-0.4, -0.2) is 35.5 Å². The molecule has 3 N–H and O–H groups in total. The smallest absolute Gasteiger partial charge is 0.0607 e. The molecule has 0 aliphatic heterocycles. The minimum Gasteiger partial charge on any atom is -0.395 e. The second-order valence-electron chi connectivity index (χ2n) is 4.64. The van der Waals surface area contributed by atoms with Crippen molar-refractivity contribution in [1.29, 1.82) is 0 Å². The highest BCUT2D eigenvalue weighted by atomic mass is 16.3. The average Bonchev–Trinajstić information content (AvgIpc) is 2.18. The van der Waals surface area contributed by atoms with Gasteiger partial charge < -0.3 is 15.5 Å². The third kappa shape index (κ3) is 2.94. The second-order valence-corrected chi connectivity index (χ2v) is 4.64. The first-order valence-electron chi connectivity index (χ1n) is 5.66. The fourth-order valence-corrected chi connectivity index (χ4v) is 2.45. The van der Waals surface area contributed by atoms with E-state index in [1.165, 1.54) is 19.3 Å². The highest BCUT2D eigenvalue weighted by Gasteiger charge is 2.28. The van der Waals surface area contributed by atoms with Crippen LogP contribution < -0.4 is 5.32 Å². The van der Waals surface area contributed by atoms with Gasteiger partial charge in [-0.05, 0) is 24.7 Å². The molecule has 0 amide bonds. The van der Waals surface area contributed by atoms with Crippen LogP contribution in [0.4, 0.5) is 0 Å². The number of hydrogen-bond donors (Lipinski definition) is 3. The molecule has 1 rings (SSSR count). The Labute approximate surface area is 86.5 Å². The van der Waals surface area contributed by atoms with Gasteiger partial charge in [0.1, 0.15) is 0 Å². The molecule has 1 saturated carbocycles. The maximum atomic E-state index is 9.01. The summed E-state index contributed by atoms with van der Waals surface area (Å²) < 4.78 is 0. The van der Waals surface area contributed by atoms with Crippen molar-refractivity contribution in [1.82, 2.24) is 5.32 Å². The third-order valence-corrected chi connectivity index (χ3v) is 3.41. The molecule has 84 valence electrons. The number of aliphatic hydroxyl groups is 2. The molecule has 1 fully saturated rings. The summed E-state index contributed by atoms with van der Waals surface area (Å²) in [5.41, 5.74) is 0. The fourth-order valence-electron chi connectivity index (χ4n) is 2.45. The minimum atomic E-state index is -0.150. The van der Waals surface area contributed by atoms with Crippen LogP contribution in [0, 0.1) is 11.8 Å². The van der Waals surface area contributed by atoms with Gasteiger partial charge >= 0.3 is 0 Å². The molecular formula is C11H23NO2. The van der Waals surface area contributed by atoms with Crippen LogP contribution in [0.3, 0.4) is 0 Å². The topological polar surface area (TPSA) is 52.5 Å². The first-order valence-corrected chi connectivity index (χ1v) is 5.66. The molecule has 0 bridgehead atoms. The molecule has 0 saturated heterocycles. The summed E-state index contributed by atoms with van der Waals surface area (Å²) in [7, 11) is 0. The Balaban J connectivity index is 2.46. The average molecular weight is 201 g/mol. The summed E-state index contributed by atoms with van der Waals surface area (Å²) in [5, 5.41) is 21.4. The summed E-state index contributed by atoms with van der Waals surface area (Å²) in [5.74, 6) is 1.30. The van der Waals surface area contributed by atoms with Gasteiger partial charge in [0.15, 0.2) is 0 Å². The lowest BCUT2D eigenvalue weighted by Gasteiger charge is -2.37. The van der Waals surface area contributed by atoms with Gasteiger partial charge in [0, 0.05) is 6.04 Å². The van der Waals surface area contributed by atoms with Crippen molar-refractivity contribution in [2.75, 3.05) is 13.2 Å². The Kier molecular flexibility index (Phi) is 4.85. The van der Waals surface area contributed by atoms with Crippen molar-refractivity contribution in [3.05, 3.63) is 0 Å². The Bertz CT molecular complexity index is 149. The number of aliphatic hydroxyl groups excluding tert-OH is 2. The quantitative estimate of drug-likeness (QED) is 0.629. The van der Waals surface area contributed by atoms with Gasteiger partial charge in [-0.3, -0.25) is 0 Å². The van der Waals surface area contributed by atoms with Crippen LogP contribution in [0.25, 0.3) is 0 Å². The maximum Gasteiger partial charge on any atom is 0.0607 e. The van der Waals surface area contributed by atoms with E-state index in [1.54, 1.807) is 0 Å². The number of nitrogens with one attached hydrogen (secondary N) is 1. The van der Waals surface area contributed by atoms with Gasteiger partial charge in [0.25, 0.3) is 0 Å². The lowest BCUT2D eigenvalue weighted by Crippen LogP contribution is -2.50. The maximum absolute atomic E-state index is 9.01. The van der Waals surface area contributed by atoms with Gasteiger partial charge in [-0.1, -0.05) is 20.3 Å². The van der Waals surface area contributed by atoms with Crippen molar-refractivity contribution in [3.63, 3.8) is 0 Å². The molecule has 0 aromatic rings. The molecule has 14 heavy (non-hydrogen) atoms. The van der Waals surface area contributed by atoms with E-state index < -0.39 is 0 Å². The van der Waals surface area contributed by atoms with Crippen molar-refractivity contribution >= 4 is 0 Å². The predicted molar refractivity (Wildman–Crippen MR) is 57.1 cm³/mol. The highest BCUT2D eigenvalue weighted by Crippen LogP contribution is 2.28. The predicted octanol–water partition coefficient (Wildman–Crippen LogP) is 0.754. The van der Waals surface area contributed by atoms with Gasteiger partial charge in [-0.2, -0.15) is 0 Å². The van der Waals surface area contributed by atoms with Crippen molar-refractivity contribution in [2.45, 2.75) is 45.2 Å². The SMILES string of the molecule is CC1CCCC(C)C1NC(CO)CO. The fraction of sp³-hybridized carbons (Fsp3) is 1.00. The standard InChI is InChI=1S/C11H23NO2/c1-8-4-3-5-9(2)11(8)12-10(6-13)7-14/h8-14H,3-7H2,1-2H3. The van der Waals surface area contributed by atoms with Crippen LogP contribution in [0.5, 0.6) is 0 Å². The van der Waals surface area contributed by atoms with Gasteiger partial charge in [0.2, 0.25) is 0 Å². The van der Waals surface area contributed by atoms with Gasteiger partial charge in [0.05, 0.1) is 19.3 Å². The lowest BCUT2D eigenvalue weighted by molar-refractivity contribution is 0.123. The normalized spacial score (nSPS) is 33.6. The zero-order chi connectivity index (χ0) is 10.6. The molecule has 0 heterocycles. The monoisotopic (exact) mass is 201 g/mol. The van der Waals surface area contributed by atoms with E-state index in [9.17, 15) is 0 Å². The summed E-state index contributed by atoms with van der Waals surface area (Å²) in [6, 6.07) is 0.302. The zero-order valence-corrected chi connectivity index (χ0v) is 9.24. The molecule has 0 aromatic heterocycles. The van der Waals surface area contributed by atoms with Crippen molar-refractivity contribution < 1.29 is 10.2 Å². The Morgan fingerprint density at radius 2 is 1.64 bits per heavy atom. The summed E-state index contributed by atoms with van der Waals surface area (Å²) in [6.07, 6.45) is 3.82. The molecule has 3 heteroatoms. The Hall–Kier alpha value is -0.120. The molecule has 2 atom stereocenters. The second kappa shape index (κ2) is 5.69. The van der Waals surface area contributed by atoms with Crippen molar-refractivity contribution in [3.8, 4) is 0 Å². The lowest BCUT2D eigenvalue weighted by atomic mass is 9.78. The van der Waals surface area contributed by atoms with E-state index in [1.807, 2.05) is 0 Å². The van der Waals surface area contributed by atoms with Crippen LogP contribution >= 0.6 is 0 Å². The number of hydrogen-bond acceptors (Lipinski definition) is 3. The largest absolute Gasteiger partial charge is 0.395 e. The molecule has 1 aliphatic rings. The van der Waals surface area contributed by atoms with E-state index in [-0.39, 0.29) is 19.3 Å². The van der Waals surface area contributed by atoms with Crippen LogP contribution in [0.2, 0.25) is 0 Å². The first kappa shape index (κ1) is 12.0. The zero-order valence-electron chi connectivity index (χ0n) is 9.24. The highest BCUT2D eigenvalue weighted by molar-refractivity contribution is 4.85. The Morgan fingerprint density at radius 1 is 1.14 bits per heavy atom. The minimum absolute atomic E-state index is 0.0203.